The van der Waals surface area contributed by atoms with Crippen LogP contribution in [0.3, 0.4) is 0 Å². The largest absolute Gasteiger partial charge is 0.497 e. The summed E-state index contributed by atoms with van der Waals surface area (Å²) in [5.41, 5.74) is 0.873. The number of nitro benzene ring substituents is 1. The van der Waals surface area contributed by atoms with Crippen molar-refractivity contribution in [2.45, 2.75) is 6.54 Å². The minimum absolute atomic E-state index is 0.0803. The maximum absolute atomic E-state index is 12.2. The molecule has 1 N–H and O–H groups in total. The molecular weight excluding hydrogens is 346 g/mol. The van der Waals surface area contributed by atoms with E-state index in [0.717, 1.165) is 11.3 Å². The van der Waals surface area contributed by atoms with E-state index in [1.807, 2.05) is 24.3 Å². The van der Waals surface area contributed by atoms with Gasteiger partial charge in [-0.1, -0.05) is 23.7 Å². The summed E-state index contributed by atoms with van der Waals surface area (Å²) in [4.78, 5) is 24.4. The van der Waals surface area contributed by atoms with E-state index in [4.69, 9.17) is 16.3 Å². The summed E-state index contributed by atoms with van der Waals surface area (Å²) >= 11 is 5.76. The van der Waals surface area contributed by atoms with Crippen molar-refractivity contribution in [3.05, 3.63) is 63.2 Å². The molecule has 0 atom stereocenters. The Kier molecular flexibility index (Phi) is 6.32. The molecule has 132 valence electrons. The Morgan fingerprint density at radius 3 is 2.76 bits per heavy atom. The number of benzene rings is 2. The van der Waals surface area contributed by atoms with Crippen molar-refractivity contribution in [3.63, 3.8) is 0 Å². The average molecular weight is 364 g/mol. The van der Waals surface area contributed by atoms with Crippen molar-refractivity contribution < 1.29 is 14.5 Å². The van der Waals surface area contributed by atoms with Crippen LogP contribution in [0.25, 0.3) is 0 Å². The van der Waals surface area contributed by atoms with Gasteiger partial charge >= 0.3 is 0 Å². The number of hydrogen-bond donors (Lipinski definition) is 1. The topological polar surface area (TPSA) is 84.7 Å². The Labute approximate surface area is 150 Å². The standard InChI is InChI=1S/C17H18ClN3O4/c1-20(10-12-4-3-5-14(8-12)25-2)11-17(22)19-15-7-6-13(18)9-16(15)21(23)24/h3-9H,10-11H2,1-2H3,(H,19,22). The van der Waals surface area contributed by atoms with Crippen LogP contribution >= 0.6 is 11.6 Å². The van der Waals surface area contributed by atoms with Gasteiger partial charge in [-0.05, 0) is 36.9 Å². The van der Waals surface area contributed by atoms with E-state index in [2.05, 4.69) is 5.32 Å². The summed E-state index contributed by atoms with van der Waals surface area (Å²) in [5.74, 6) is 0.392. The third kappa shape index (κ3) is 5.44. The fourth-order valence-electron chi connectivity index (χ4n) is 2.33. The highest BCUT2D eigenvalue weighted by molar-refractivity contribution is 6.31. The number of nitrogens with one attached hydrogen (secondary N) is 1. The molecule has 25 heavy (non-hydrogen) atoms. The van der Waals surface area contributed by atoms with Gasteiger partial charge in [0.1, 0.15) is 11.4 Å². The minimum atomic E-state index is -0.582. The lowest BCUT2D eigenvalue weighted by molar-refractivity contribution is -0.383. The van der Waals surface area contributed by atoms with E-state index in [1.165, 1.54) is 18.2 Å². The zero-order valence-electron chi connectivity index (χ0n) is 13.9. The minimum Gasteiger partial charge on any atom is -0.497 e. The normalized spacial score (nSPS) is 10.6. The SMILES string of the molecule is COc1cccc(CN(C)CC(=O)Nc2ccc(Cl)cc2[N+](=O)[O-])c1. The fraction of sp³-hybridized carbons (Fsp3) is 0.235. The second-order valence-electron chi connectivity index (χ2n) is 5.49. The molecule has 0 saturated carbocycles. The van der Waals surface area contributed by atoms with Gasteiger partial charge in [-0.25, -0.2) is 0 Å². The van der Waals surface area contributed by atoms with Crippen LogP contribution in [0.15, 0.2) is 42.5 Å². The molecule has 0 aliphatic rings. The third-order valence-electron chi connectivity index (χ3n) is 3.43. The summed E-state index contributed by atoms with van der Waals surface area (Å²) < 4.78 is 5.17. The summed E-state index contributed by atoms with van der Waals surface area (Å²) in [6.45, 7) is 0.615. The van der Waals surface area contributed by atoms with Gasteiger partial charge in [-0.15, -0.1) is 0 Å². The van der Waals surface area contributed by atoms with Crippen LogP contribution in [0.5, 0.6) is 5.75 Å². The monoisotopic (exact) mass is 363 g/mol. The van der Waals surface area contributed by atoms with Gasteiger partial charge < -0.3 is 10.1 Å². The fourth-order valence-corrected chi connectivity index (χ4v) is 2.50. The number of carbonyl (C=O) groups excluding carboxylic acids is 1. The number of nitro groups is 1. The molecule has 0 heterocycles. The predicted molar refractivity (Wildman–Crippen MR) is 96.1 cm³/mol. The van der Waals surface area contributed by atoms with Crippen molar-refractivity contribution in [2.24, 2.45) is 0 Å². The first-order valence-electron chi connectivity index (χ1n) is 7.44. The van der Waals surface area contributed by atoms with Gasteiger partial charge in [0.2, 0.25) is 5.91 Å². The first-order chi connectivity index (χ1) is 11.9. The molecule has 2 aromatic rings. The maximum Gasteiger partial charge on any atom is 0.294 e. The van der Waals surface area contributed by atoms with Crippen LogP contribution in [-0.4, -0.2) is 36.4 Å². The molecule has 1 amide bonds. The number of rotatable bonds is 7. The van der Waals surface area contributed by atoms with Crippen LogP contribution in [0.1, 0.15) is 5.56 Å². The van der Waals surface area contributed by atoms with Gasteiger partial charge in [0.15, 0.2) is 0 Å². The molecule has 2 aromatic carbocycles. The lowest BCUT2D eigenvalue weighted by Crippen LogP contribution is -2.30. The average Bonchev–Trinajstić information content (AvgIpc) is 2.56. The molecule has 0 aromatic heterocycles. The van der Waals surface area contributed by atoms with Crippen LogP contribution in [0, 0.1) is 10.1 Å². The van der Waals surface area contributed by atoms with Crippen molar-refractivity contribution >= 4 is 28.9 Å². The highest BCUT2D eigenvalue weighted by Gasteiger charge is 2.17. The van der Waals surface area contributed by atoms with Gasteiger partial charge in [0.05, 0.1) is 18.6 Å². The van der Waals surface area contributed by atoms with Crippen molar-refractivity contribution in [2.75, 3.05) is 26.0 Å². The van der Waals surface area contributed by atoms with E-state index in [0.29, 0.717) is 6.54 Å². The molecule has 0 saturated heterocycles. The van der Waals surface area contributed by atoms with Crippen LogP contribution < -0.4 is 10.1 Å². The number of ether oxygens (including phenoxy) is 1. The molecule has 8 heteroatoms. The summed E-state index contributed by atoms with van der Waals surface area (Å²) in [7, 11) is 3.38. The Bertz CT molecular complexity index is 782. The lowest BCUT2D eigenvalue weighted by atomic mass is 10.2. The summed E-state index contributed by atoms with van der Waals surface area (Å²) in [6, 6.07) is 11.6. The number of hydrogen-bond acceptors (Lipinski definition) is 5. The number of methoxy groups -OCH3 is 1. The van der Waals surface area contributed by atoms with Crippen LogP contribution in [-0.2, 0) is 11.3 Å². The molecule has 7 nitrogen and oxygen atoms in total. The zero-order valence-corrected chi connectivity index (χ0v) is 14.6. The second-order valence-corrected chi connectivity index (χ2v) is 5.93. The zero-order chi connectivity index (χ0) is 18.4. The molecule has 0 aliphatic carbocycles. The lowest BCUT2D eigenvalue weighted by Gasteiger charge is -2.17. The maximum atomic E-state index is 12.2. The van der Waals surface area contributed by atoms with E-state index >= 15 is 0 Å². The molecule has 0 aliphatic heterocycles. The van der Waals surface area contributed by atoms with Crippen molar-refractivity contribution in [1.29, 1.82) is 0 Å². The van der Waals surface area contributed by atoms with E-state index in [1.54, 1.807) is 19.1 Å². The summed E-state index contributed by atoms with van der Waals surface area (Å²) in [6.07, 6.45) is 0. The van der Waals surface area contributed by atoms with Crippen molar-refractivity contribution in [3.8, 4) is 5.75 Å². The first kappa shape index (κ1) is 18.7. The third-order valence-corrected chi connectivity index (χ3v) is 3.67. The quantitative estimate of drug-likeness (QED) is 0.602. The van der Waals surface area contributed by atoms with Gasteiger partial charge in [-0.3, -0.25) is 19.8 Å². The highest BCUT2D eigenvalue weighted by Crippen LogP contribution is 2.27. The number of halogens is 1. The molecule has 0 radical (unpaired) electrons. The number of nitrogens with zero attached hydrogens (tertiary/aromatic N) is 2. The van der Waals surface area contributed by atoms with Crippen molar-refractivity contribution in [1.82, 2.24) is 4.90 Å². The smallest absolute Gasteiger partial charge is 0.294 e. The molecule has 2 rings (SSSR count). The van der Waals surface area contributed by atoms with E-state index in [-0.39, 0.29) is 28.8 Å². The van der Waals surface area contributed by atoms with Gasteiger partial charge in [0.25, 0.3) is 5.69 Å². The van der Waals surface area contributed by atoms with Crippen LogP contribution in [0.4, 0.5) is 11.4 Å². The number of anilines is 1. The Morgan fingerprint density at radius 2 is 2.08 bits per heavy atom. The van der Waals surface area contributed by atoms with Crippen LogP contribution in [0.2, 0.25) is 5.02 Å². The predicted octanol–water partition coefficient (Wildman–Crippen LogP) is 3.33. The number of likely N-dealkylation sites (N-methyl/N-ethyl adjacent to an activating group) is 1. The molecule has 0 fully saturated rings. The van der Waals surface area contributed by atoms with Gasteiger partial charge in [0, 0.05) is 17.6 Å². The molecule has 0 bridgehead atoms. The number of carbonyl (C=O) groups is 1. The second kappa shape index (κ2) is 8.46. The molecule has 0 spiro atoms. The molecular formula is C17H18ClN3O4. The number of amides is 1. The van der Waals surface area contributed by atoms with E-state index in [9.17, 15) is 14.9 Å². The first-order valence-corrected chi connectivity index (χ1v) is 7.82. The van der Waals surface area contributed by atoms with E-state index < -0.39 is 4.92 Å². The summed E-state index contributed by atoms with van der Waals surface area (Å²) in [5, 5.41) is 13.8. The Morgan fingerprint density at radius 1 is 1.32 bits per heavy atom. The Hall–Kier alpha value is -2.64. The van der Waals surface area contributed by atoms with Gasteiger partial charge in [-0.2, -0.15) is 0 Å². The molecule has 0 unspecified atom stereocenters. The Balaban J connectivity index is 1.99. The highest BCUT2D eigenvalue weighted by atomic mass is 35.5.